The fraction of sp³-hybridized carbons (Fsp3) is 0.556. The van der Waals surface area contributed by atoms with Crippen molar-refractivity contribution in [3.8, 4) is 0 Å². The molecule has 0 saturated carbocycles. The molecule has 0 aromatic heterocycles. The Hall–Kier alpha value is 0.116. The third-order valence-electron chi connectivity index (χ3n) is 2.24. The topological polar surface area (TPSA) is 0 Å². The summed E-state index contributed by atoms with van der Waals surface area (Å²) in [6.07, 6.45) is 3.36. The van der Waals surface area contributed by atoms with Gasteiger partial charge >= 0.3 is 19.8 Å². The molecule has 0 spiro atoms. The first-order valence-corrected chi connectivity index (χ1v) is 3.40. The third kappa shape index (κ3) is 1.58. The van der Waals surface area contributed by atoms with Gasteiger partial charge in [0.2, 0.25) is 0 Å². The fourth-order valence-electron chi connectivity index (χ4n) is 1.16. The Morgan fingerprint density at radius 1 is 1.20 bits per heavy atom. The van der Waals surface area contributed by atoms with Crippen LogP contribution in [0.4, 0.5) is 0 Å². The van der Waals surface area contributed by atoms with Gasteiger partial charge in [-0.2, -0.15) is 11.1 Å². The van der Waals surface area contributed by atoms with E-state index in [2.05, 4.69) is 33.8 Å². The van der Waals surface area contributed by atoms with Gasteiger partial charge in [-0.25, -0.2) is 5.57 Å². The van der Waals surface area contributed by atoms with Crippen LogP contribution in [0.1, 0.15) is 27.7 Å². The quantitative estimate of drug-likeness (QED) is 0.604. The SMILES string of the molecule is CC1=[C-]C(C)C(C)=C1C.[Os+]. The minimum absolute atomic E-state index is 0. The van der Waals surface area contributed by atoms with E-state index in [1.807, 2.05) is 0 Å². The normalized spacial score (nSPS) is 24.4. The van der Waals surface area contributed by atoms with Crippen molar-refractivity contribution in [2.24, 2.45) is 5.92 Å². The standard InChI is InChI=1S/C9H13.Os/c1-6-5-7(2)9(4)8(6)3;/h6H,1-4H3;/q-1;+1. The van der Waals surface area contributed by atoms with Gasteiger partial charge in [0, 0.05) is 0 Å². The van der Waals surface area contributed by atoms with Gasteiger partial charge in [-0.1, -0.05) is 26.7 Å². The third-order valence-corrected chi connectivity index (χ3v) is 2.24. The summed E-state index contributed by atoms with van der Waals surface area (Å²) in [4.78, 5) is 0. The van der Waals surface area contributed by atoms with E-state index >= 15 is 0 Å². The van der Waals surface area contributed by atoms with Crippen molar-refractivity contribution in [1.82, 2.24) is 0 Å². The maximum absolute atomic E-state index is 3.36. The Morgan fingerprint density at radius 3 is 1.80 bits per heavy atom. The maximum Gasteiger partial charge on any atom is 1.00 e. The molecule has 1 atom stereocenters. The van der Waals surface area contributed by atoms with Crippen LogP contribution < -0.4 is 0 Å². The summed E-state index contributed by atoms with van der Waals surface area (Å²) in [5.74, 6) is 0.560. The van der Waals surface area contributed by atoms with Crippen molar-refractivity contribution >= 4 is 0 Å². The summed E-state index contributed by atoms with van der Waals surface area (Å²) >= 11 is 0. The van der Waals surface area contributed by atoms with Gasteiger partial charge in [0.1, 0.15) is 0 Å². The Bertz CT molecular complexity index is 187. The monoisotopic (exact) mass is 313 g/mol. The number of allylic oxidation sites excluding steroid dienone is 4. The van der Waals surface area contributed by atoms with E-state index in [0.29, 0.717) is 5.92 Å². The number of hydrogen-bond acceptors (Lipinski definition) is 0. The van der Waals surface area contributed by atoms with Gasteiger partial charge in [-0.15, -0.1) is 6.92 Å². The minimum Gasteiger partial charge on any atom is -0.266 e. The molecule has 1 unspecified atom stereocenters. The van der Waals surface area contributed by atoms with Crippen molar-refractivity contribution in [2.45, 2.75) is 27.7 Å². The second kappa shape index (κ2) is 3.49. The molecule has 10 heavy (non-hydrogen) atoms. The summed E-state index contributed by atoms with van der Waals surface area (Å²) in [5.41, 5.74) is 4.25. The molecule has 0 aliphatic heterocycles. The Morgan fingerprint density at radius 2 is 1.70 bits per heavy atom. The fourth-order valence-corrected chi connectivity index (χ4v) is 1.16. The molecule has 0 N–H and O–H groups in total. The van der Waals surface area contributed by atoms with Crippen LogP contribution in [0.5, 0.6) is 0 Å². The molecule has 0 heterocycles. The van der Waals surface area contributed by atoms with Crippen LogP contribution in [-0.4, -0.2) is 0 Å². The van der Waals surface area contributed by atoms with E-state index < -0.39 is 0 Å². The zero-order valence-corrected chi connectivity index (χ0v) is 9.47. The predicted octanol–water partition coefficient (Wildman–Crippen LogP) is 2.72. The van der Waals surface area contributed by atoms with Crippen LogP contribution in [0.25, 0.3) is 0 Å². The average molecular weight is 311 g/mol. The second-order valence-corrected chi connectivity index (χ2v) is 2.80. The van der Waals surface area contributed by atoms with Gasteiger partial charge < -0.3 is 0 Å². The van der Waals surface area contributed by atoms with Gasteiger partial charge in [0.15, 0.2) is 0 Å². The van der Waals surface area contributed by atoms with E-state index in [0.717, 1.165) is 0 Å². The van der Waals surface area contributed by atoms with E-state index in [4.69, 9.17) is 0 Å². The van der Waals surface area contributed by atoms with E-state index in [1.165, 1.54) is 16.7 Å². The van der Waals surface area contributed by atoms with Gasteiger partial charge in [0.05, 0.1) is 0 Å². The van der Waals surface area contributed by atoms with Crippen molar-refractivity contribution in [1.29, 1.82) is 0 Å². The number of rotatable bonds is 0. The Kier molecular flexibility index (Phi) is 3.53. The summed E-state index contributed by atoms with van der Waals surface area (Å²) in [6, 6.07) is 0. The molecule has 0 saturated heterocycles. The predicted molar refractivity (Wildman–Crippen MR) is 40.0 cm³/mol. The van der Waals surface area contributed by atoms with Crippen molar-refractivity contribution in [3.05, 3.63) is 22.8 Å². The molecule has 1 heteroatoms. The van der Waals surface area contributed by atoms with E-state index in [9.17, 15) is 0 Å². The Balaban J connectivity index is 0.000000810. The molecule has 0 aromatic rings. The van der Waals surface area contributed by atoms with Crippen molar-refractivity contribution in [3.63, 3.8) is 0 Å². The second-order valence-electron chi connectivity index (χ2n) is 2.80. The molecule has 1 rings (SSSR count). The molecule has 0 nitrogen and oxygen atoms in total. The van der Waals surface area contributed by atoms with Crippen LogP contribution in [0, 0.1) is 12.0 Å². The largest absolute Gasteiger partial charge is 1.00 e. The van der Waals surface area contributed by atoms with Gasteiger partial charge in [0.25, 0.3) is 0 Å². The smallest absolute Gasteiger partial charge is 0.266 e. The van der Waals surface area contributed by atoms with Crippen LogP contribution >= 0.6 is 0 Å². The summed E-state index contributed by atoms with van der Waals surface area (Å²) in [7, 11) is 0. The molecule has 0 bridgehead atoms. The van der Waals surface area contributed by atoms with Gasteiger partial charge in [-0.3, -0.25) is 6.08 Å². The molecule has 1 aliphatic rings. The Labute approximate surface area is 76.5 Å². The van der Waals surface area contributed by atoms with Crippen LogP contribution in [0.15, 0.2) is 16.7 Å². The molecule has 0 aromatic carbocycles. The van der Waals surface area contributed by atoms with Crippen LogP contribution in [0.2, 0.25) is 0 Å². The maximum atomic E-state index is 3.36. The average Bonchev–Trinajstić information content (AvgIpc) is 1.98. The molecule has 1 aliphatic carbocycles. The first-order valence-electron chi connectivity index (χ1n) is 3.40. The summed E-state index contributed by atoms with van der Waals surface area (Å²) in [5, 5.41) is 0. The molecule has 0 fully saturated rings. The molecular formula is C9H13Os. The molecular weight excluding hydrogens is 298 g/mol. The number of hydrogen-bond donors (Lipinski definition) is 0. The summed E-state index contributed by atoms with van der Waals surface area (Å²) < 4.78 is 0. The van der Waals surface area contributed by atoms with Crippen LogP contribution in [0.3, 0.4) is 0 Å². The molecule has 0 amide bonds. The van der Waals surface area contributed by atoms with E-state index in [-0.39, 0.29) is 19.8 Å². The molecule has 1 radical (unpaired) electrons. The molecule has 57 valence electrons. The minimum atomic E-state index is 0. The van der Waals surface area contributed by atoms with Crippen molar-refractivity contribution in [2.75, 3.05) is 0 Å². The van der Waals surface area contributed by atoms with Gasteiger partial charge in [-0.05, 0) is 0 Å². The first-order chi connectivity index (χ1) is 4.13. The van der Waals surface area contributed by atoms with Crippen LogP contribution in [-0.2, 0) is 19.8 Å². The first kappa shape index (κ1) is 10.1. The zero-order valence-electron chi connectivity index (χ0n) is 6.93. The zero-order chi connectivity index (χ0) is 7.02. The van der Waals surface area contributed by atoms with Crippen molar-refractivity contribution < 1.29 is 19.8 Å². The summed E-state index contributed by atoms with van der Waals surface area (Å²) in [6.45, 7) is 8.67. The van der Waals surface area contributed by atoms with E-state index in [1.54, 1.807) is 0 Å².